The predicted octanol–water partition coefficient (Wildman–Crippen LogP) is 2.43. The van der Waals surface area contributed by atoms with Crippen LogP contribution in [-0.4, -0.2) is 24.8 Å². The molecule has 1 aromatic carbocycles. The number of alkyl halides is 3. The number of hydrogen-bond acceptors (Lipinski definition) is 3. The molecule has 0 saturated carbocycles. The van der Waals surface area contributed by atoms with Crippen LogP contribution in [0.15, 0.2) is 24.3 Å². The third-order valence-electron chi connectivity index (χ3n) is 3.03. The highest BCUT2D eigenvalue weighted by Gasteiger charge is 2.30. The summed E-state index contributed by atoms with van der Waals surface area (Å²) in [5, 5.41) is 5.14. The number of halogens is 3. The molecule has 0 aliphatic rings. The number of ether oxygens (including phenoxy) is 1. The molecular formula is C15H20F3N3O3. The van der Waals surface area contributed by atoms with Gasteiger partial charge in [0.1, 0.15) is 5.75 Å². The van der Waals surface area contributed by atoms with Crippen LogP contribution in [0.25, 0.3) is 0 Å². The van der Waals surface area contributed by atoms with E-state index in [4.69, 9.17) is 5.73 Å². The van der Waals surface area contributed by atoms with Crippen molar-refractivity contribution >= 4 is 11.9 Å². The van der Waals surface area contributed by atoms with Crippen molar-refractivity contribution in [2.45, 2.75) is 38.6 Å². The van der Waals surface area contributed by atoms with Crippen LogP contribution in [0, 0.1) is 0 Å². The second-order valence-corrected chi connectivity index (χ2v) is 5.07. The first-order chi connectivity index (χ1) is 11.3. The van der Waals surface area contributed by atoms with Gasteiger partial charge in [-0.1, -0.05) is 18.6 Å². The smallest absolute Gasteiger partial charge is 0.406 e. The Morgan fingerprint density at radius 2 is 1.71 bits per heavy atom. The maximum absolute atomic E-state index is 12.0. The highest BCUT2D eigenvalue weighted by atomic mass is 19.4. The second kappa shape index (κ2) is 9.64. The average Bonchev–Trinajstić information content (AvgIpc) is 2.48. The van der Waals surface area contributed by atoms with Crippen molar-refractivity contribution in [2.24, 2.45) is 5.73 Å². The molecule has 4 N–H and O–H groups in total. The number of carbonyl (C=O) groups is 2. The van der Waals surface area contributed by atoms with Crippen molar-refractivity contribution < 1.29 is 27.5 Å². The van der Waals surface area contributed by atoms with Crippen LogP contribution in [0.4, 0.5) is 18.0 Å². The van der Waals surface area contributed by atoms with Crippen molar-refractivity contribution in [1.29, 1.82) is 0 Å². The van der Waals surface area contributed by atoms with Crippen LogP contribution >= 0.6 is 0 Å². The maximum atomic E-state index is 12.0. The van der Waals surface area contributed by atoms with Crippen molar-refractivity contribution in [1.82, 2.24) is 10.6 Å². The number of urea groups is 1. The van der Waals surface area contributed by atoms with Crippen molar-refractivity contribution in [3.63, 3.8) is 0 Å². The zero-order valence-corrected chi connectivity index (χ0v) is 13.0. The summed E-state index contributed by atoms with van der Waals surface area (Å²) < 4.78 is 39.8. The van der Waals surface area contributed by atoms with E-state index in [0.717, 1.165) is 12.8 Å². The first kappa shape index (κ1) is 19.6. The van der Waals surface area contributed by atoms with Gasteiger partial charge in [0, 0.05) is 19.5 Å². The van der Waals surface area contributed by atoms with E-state index in [1.54, 1.807) is 0 Å². The number of unbranched alkanes of at least 4 members (excludes halogenated alkanes) is 2. The highest BCUT2D eigenvalue weighted by molar-refractivity contribution is 5.75. The topological polar surface area (TPSA) is 93.5 Å². The lowest BCUT2D eigenvalue weighted by atomic mass is 10.1. The summed E-state index contributed by atoms with van der Waals surface area (Å²) >= 11 is 0. The van der Waals surface area contributed by atoms with Gasteiger partial charge < -0.3 is 21.1 Å². The summed E-state index contributed by atoms with van der Waals surface area (Å²) in [4.78, 5) is 22.1. The Hall–Kier alpha value is -2.45. The summed E-state index contributed by atoms with van der Waals surface area (Å²) in [5.41, 5.74) is 5.58. The minimum Gasteiger partial charge on any atom is -0.406 e. The molecule has 1 aromatic rings. The van der Waals surface area contributed by atoms with Gasteiger partial charge in [0.15, 0.2) is 0 Å². The van der Waals surface area contributed by atoms with Gasteiger partial charge in [-0.3, -0.25) is 4.79 Å². The standard InChI is InChI=1S/C15H20F3N3O3/c16-15(17,18)24-12-7-5-11(6-8-12)10-21-13(22)4-2-1-3-9-20-14(19)23/h5-8H,1-4,9-10H2,(H,21,22)(H3,19,20,23). The Labute approximate surface area is 137 Å². The molecule has 0 aliphatic carbocycles. The molecule has 3 amide bonds. The predicted molar refractivity (Wildman–Crippen MR) is 81.0 cm³/mol. The quantitative estimate of drug-likeness (QED) is 0.599. The number of amides is 3. The molecule has 24 heavy (non-hydrogen) atoms. The first-order valence-corrected chi connectivity index (χ1v) is 7.41. The molecule has 0 unspecified atom stereocenters. The molecule has 0 aliphatic heterocycles. The zero-order valence-electron chi connectivity index (χ0n) is 13.0. The minimum atomic E-state index is -4.72. The van der Waals surface area contributed by atoms with E-state index in [1.165, 1.54) is 24.3 Å². The number of hydrogen-bond donors (Lipinski definition) is 3. The maximum Gasteiger partial charge on any atom is 0.573 e. The fourth-order valence-electron chi connectivity index (χ4n) is 1.90. The molecule has 0 heterocycles. The van der Waals surface area contributed by atoms with Crippen molar-refractivity contribution in [3.8, 4) is 5.75 Å². The molecule has 134 valence electrons. The lowest BCUT2D eigenvalue weighted by molar-refractivity contribution is -0.274. The van der Waals surface area contributed by atoms with Gasteiger partial charge >= 0.3 is 12.4 Å². The number of nitrogens with two attached hydrogens (primary N) is 1. The fourth-order valence-corrected chi connectivity index (χ4v) is 1.90. The third-order valence-corrected chi connectivity index (χ3v) is 3.03. The summed E-state index contributed by atoms with van der Waals surface area (Å²) in [6.45, 7) is 0.706. The van der Waals surface area contributed by atoms with Crippen molar-refractivity contribution in [3.05, 3.63) is 29.8 Å². The molecule has 0 spiro atoms. The van der Waals surface area contributed by atoms with E-state index in [9.17, 15) is 22.8 Å². The zero-order chi connectivity index (χ0) is 18.0. The van der Waals surface area contributed by atoms with Crippen molar-refractivity contribution in [2.75, 3.05) is 6.54 Å². The Balaban J connectivity index is 2.19. The molecule has 6 nitrogen and oxygen atoms in total. The van der Waals surface area contributed by atoms with Crippen LogP contribution < -0.4 is 21.1 Å². The SMILES string of the molecule is NC(=O)NCCCCCC(=O)NCc1ccc(OC(F)(F)F)cc1. The Morgan fingerprint density at radius 3 is 2.29 bits per heavy atom. The molecule has 1 rings (SSSR count). The van der Waals surface area contributed by atoms with Crippen LogP contribution in [0.1, 0.15) is 31.2 Å². The average molecular weight is 347 g/mol. The number of primary amides is 1. The summed E-state index contributed by atoms with van der Waals surface area (Å²) in [5.74, 6) is -0.448. The minimum absolute atomic E-state index is 0.145. The molecule has 0 saturated heterocycles. The molecule has 9 heteroatoms. The lowest BCUT2D eigenvalue weighted by Gasteiger charge is -2.10. The van der Waals surface area contributed by atoms with Gasteiger partial charge in [0.25, 0.3) is 0 Å². The summed E-state index contributed by atoms with van der Waals surface area (Å²) in [6.07, 6.45) is -2.20. The van der Waals surface area contributed by atoms with Gasteiger partial charge in [0.05, 0.1) is 0 Å². The number of benzene rings is 1. The molecule has 0 fully saturated rings. The van der Waals surface area contributed by atoms with Gasteiger partial charge in [-0.05, 0) is 30.5 Å². The summed E-state index contributed by atoms with van der Waals surface area (Å²) in [7, 11) is 0. The monoisotopic (exact) mass is 347 g/mol. The molecule has 0 atom stereocenters. The number of carbonyl (C=O) groups excluding carboxylic acids is 2. The van der Waals surface area contributed by atoms with E-state index >= 15 is 0 Å². The number of nitrogens with one attached hydrogen (secondary N) is 2. The van der Waals surface area contributed by atoms with Crippen LogP contribution in [-0.2, 0) is 11.3 Å². The molecule has 0 radical (unpaired) electrons. The summed E-state index contributed by atoms with van der Waals surface area (Å²) in [6, 6.07) is 4.73. The highest BCUT2D eigenvalue weighted by Crippen LogP contribution is 2.22. The lowest BCUT2D eigenvalue weighted by Crippen LogP contribution is -2.30. The van der Waals surface area contributed by atoms with E-state index in [0.29, 0.717) is 24.9 Å². The first-order valence-electron chi connectivity index (χ1n) is 7.41. The molecular weight excluding hydrogens is 327 g/mol. The van der Waals surface area contributed by atoms with Gasteiger partial charge in [-0.2, -0.15) is 0 Å². The van der Waals surface area contributed by atoms with Crippen LogP contribution in [0.2, 0.25) is 0 Å². The van der Waals surface area contributed by atoms with E-state index in [2.05, 4.69) is 15.4 Å². The molecule has 0 aromatic heterocycles. The fraction of sp³-hybridized carbons (Fsp3) is 0.467. The Kier molecular flexibility index (Phi) is 7.87. The van der Waals surface area contributed by atoms with Crippen LogP contribution in [0.5, 0.6) is 5.75 Å². The van der Waals surface area contributed by atoms with E-state index in [-0.39, 0.29) is 18.2 Å². The Bertz CT molecular complexity index is 533. The largest absolute Gasteiger partial charge is 0.573 e. The Morgan fingerprint density at radius 1 is 1.04 bits per heavy atom. The van der Waals surface area contributed by atoms with Gasteiger partial charge in [-0.15, -0.1) is 13.2 Å². The normalized spacial score (nSPS) is 11.0. The van der Waals surface area contributed by atoms with Gasteiger partial charge in [0.2, 0.25) is 5.91 Å². The van der Waals surface area contributed by atoms with Gasteiger partial charge in [-0.25, -0.2) is 4.79 Å². The van der Waals surface area contributed by atoms with E-state index in [1.807, 2.05) is 0 Å². The second-order valence-electron chi connectivity index (χ2n) is 5.07. The number of rotatable bonds is 9. The van der Waals surface area contributed by atoms with E-state index < -0.39 is 12.4 Å². The third kappa shape index (κ3) is 9.54. The molecule has 0 bridgehead atoms. The van der Waals surface area contributed by atoms with Crippen LogP contribution in [0.3, 0.4) is 0 Å².